The molecule has 0 fully saturated rings. The fourth-order valence-electron chi connectivity index (χ4n) is 4.48. The van der Waals surface area contributed by atoms with Crippen molar-refractivity contribution in [3.63, 3.8) is 0 Å². The molecule has 2 aromatic carbocycles. The number of hydrogen-bond donors (Lipinski definition) is 0. The third-order valence-electron chi connectivity index (χ3n) is 6.18. The summed E-state index contributed by atoms with van der Waals surface area (Å²) in [4.78, 5) is 9.79. The molecule has 0 bridgehead atoms. The molecule has 1 aliphatic heterocycles. The van der Waals surface area contributed by atoms with Crippen LogP contribution in [0.15, 0.2) is 78.4 Å². The smallest absolute Gasteiger partial charge is 0.0763 e. The Morgan fingerprint density at radius 3 is 2.37 bits per heavy atom. The van der Waals surface area contributed by atoms with Gasteiger partial charge in [-0.3, -0.25) is 9.98 Å². The van der Waals surface area contributed by atoms with Gasteiger partial charge < -0.3 is 0 Å². The summed E-state index contributed by atoms with van der Waals surface area (Å²) in [6.45, 7) is 6.08. The molecule has 0 radical (unpaired) electrons. The largest absolute Gasteiger partial charge is 0.257 e. The van der Waals surface area contributed by atoms with Crippen molar-refractivity contribution in [1.82, 2.24) is 4.98 Å². The lowest BCUT2D eigenvalue weighted by molar-refractivity contribution is 0.685. The summed E-state index contributed by atoms with van der Waals surface area (Å²) in [5, 5.41) is 0. The second-order valence-corrected chi connectivity index (χ2v) is 8.33. The van der Waals surface area contributed by atoms with Crippen LogP contribution < -0.4 is 0 Å². The monoisotopic (exact) mass is 390 g/mol. The molecule has 2 heteroatoms. The Kier molecular flexibility index (Phi) is 4.92. The van der Waals surface area contributed by atoms with Crippen molar-refractivity contribution >= 4 is 22.6 Å². The maximum absolute atomic E-state index is 5.14. The first kappa shape index (κ1) is 18.7. The van der Waals surface area contributed by atoms with Crippen LogP contribution in [0.2, 0.25) is 0 Å². The summed E-state index contributed by atoms with van der Waals surface area (Å²) in [5.41, 5.74) is 12.0. The van der Waals surface area contributed by atoms with E-state index in [2.05, 4.69) is 66.2 Å². The molecule has 0 saturated heterocycles. The van der Waals surface area contributed by atoms with Gasteiger partial charge in [0.25, 0.3) is 0 Å². The van der Waals surface area contributed by atoms with Crippen molar-refractivity contribution in [3.8, 4) is 0 Å². The highest BCUT2D eigenvalue weighted by atomic mass is 14.8. The normalized spacial score (nSPS) is 15.7. The molecule has 3 aromatic rings. The zero-order valence-corrected chi connectivity index (χ0v) is 17.5. The van der Waals surface area contributed by atoms with Gasteiger partial charge in [-0.1, -0.05) is 54.6 Å². The zero-order chi connectivity index (χ0) is 20.5. The molecule has 0 N–H and O–H groups in total. The van der Waals surface area contributed by atoms with Gasteiger partial charge in [0, 0.05) is 23.8 Å². The summed E-state index contributed by atoms with van der Waals surface area (Å²) in [6.07, 6.45) is 7.63. The number of pyridine rings is 1. The Balaban J connectivity index is 1.57. The third kappa shape index (κ3) is 3.54. The Morgan fingerprint density at radius 1 is 0.867 bits per heavy atom. The van der Waals surface area contributed by atoms with Gasteiger partial charge in [0.15, 0.2) is 0 Å². The first-order chi connectivity index (χ1) is 14.7. The average molecular weight is 391 g/mol. The van der Waals surface area contributed by atoms with Gasteiger partial charge in [-0.2, -0.15) is 0 Å². The summed E-state index contributed by atoms with van der Waals surface area (Å²) in [5.74, 6) is 0. The molecule has 1 aromatic heterocycles. The van der Waals surface area contributed by atoms with Gasteiger partial charge >= 0.3 is 0 Å². The molecule has 0 unspecified atom stereocenters. The van der Waals surface area contributed by atoms with Gasteiger partial charge in [0.2, 0.25) is 0 Å². The Labute approximate surface area is 178 Å². The molecule has 2 heterocycles. The van der Waals surface area contributed by atoms with E-state index in [1.165, 1.54) is 59.1 Å². The minimum absolute atomic E-state index is 0.801. The molecule has 5 rings (SSSR count). The molecule has 2 aliphatic rings. The summed E-state index contributed by atoms with van der Waals surface area (Å²) >= 11 is 0. The van der Waals surface area contributed by atoms with Crippen LogP contribution in [0.1, 0.15) is 59.7 Å². The van der Waals surface area contributed by atoms with E-state index in [0.717, 1.165) is 29.1 Å². The van der Waals surface area contributed by atoms with Crippen LogP contribution in [0, 0.1) is 0 Å². The molecule has 30 heavy (non-hydrogen) atoms. The molecule has 2 nitrogen and oxygen atoms in total. The molecular formula is C28H26N2. The van der Waals surface area contributed by atoms with Crippen LogP contribution in [-0.4, -0.2) is 10.7 Å². The lowest BCUT2D eigenvalue weighted by atomic mass is 9.89. The first-order valence-electron chi connectivity index (χ1n) is 10.8. The standard InChI is InChI=1S/C28H26N2/c1-19(2)20-10-13-22(14-11-20)27-18-25(26-9-5-6-16-29-26)28(30-27)24-15-12-21-7-3-4-8-23(21)17-24/h5-6,9-17H,1,3-4,7-8,18H2,2H3. The molecule has 1 aliphatic carbocycles. The Morgan fingerprint density at radius 2 is 1.63 bits per heavy atom. The fraction of sp³-hybridized carbons (Fsp3) is 0.214. The van der Waals surface area contributed by atoms with Crippen LogP contribution >= 0.6 is 0 Å². The maximum atomic E-state index is 5.14. The lowest BCUT2D eigenvalue weighted by Gasteiger charge is -2.17. The lowest BCUT2D eigenvalue weighted by Crippen LogP contribution is -2.03. The number of aryl methyl sites for hydroxylation is 2. The van der Waals surface area contributed by atoms with E-state index in [0.29, 0.717) is 0 Å². The second kappa shape index (κ2) is 7.87. The molecule has 0 saturated carbocycles. The van der Waals surface area contributed by atoms with Crippen molar-refractivity contribution < 1.29 is 0 Å². The number of aliphatic imine (C=N–C) groups is 1. The van der Waals surface area contributed by atoms with Gasteiger partial charge in [-0.05, 0) is 73.1 Å². The van der Waals surface area contributed by atoms with Crippen molar-refractivity contribution in [2.45, 2.75) is 39.0 Å². The third-order valence-corrected chi connectivity index (χ3v) is 6.18. The molecular weight excluding hydrogens is 364 g/mol. The van der Waals surface area contributed by atoms with E-state index in [1.54, 1.807) is 0 Å². The van der Waals surface area contributed by atoms with Gasteiger partial charge in [-0.15, -0.1) is 0 Å². The minimum Gasteiger partial charge on any atom is -0.257 e. The Bertz CT molecular complexity index is 1170. The van der Waals surface area contributed by atoms with E-state index >= 15 is 0 Å². The van der Waals surface area contributed by atoms with Crippen LogP contribution in [-0.2, 0) is 12.8 Å². The van der Waals surface area contributed by atoms with Crippen molar-refractivity contribution in [2.75, 3.05) is 0 Å². The van der Waals surface area contributed by atoms with Gasteiger partial charge in [0.05, 0.1) is 17.1 Å². The number of allylic oxidation sites excluding steroid dienone is 2. The Hall–Kier alpha value is -3.26. The highest BCUT2D eigenvalue weighted by molar-refractivity contribution is 6.16. The number of fused-ring (bicyclic) bond motifs is 1. The SMILES string of the molecule is C=C(C)c1ccc(C2=NC(c3ccc4c(c3)CCCC4)=C(c3ccccn3)C2)cc1. The van der Waals surface area contributed by atoms with E-state index in [-0.39, 0.29) is 0 Å². The highest BCUT2D eigenvalue weighted by Crippen LogP contribution is 2.37. The van der Waals surface area contributed by atoms with Crippen LogP contribution in [0.3, 0.4) is 0 Å². The molecule has 0 spiro atoms. The predicted octanol–water partition coefficient (Wildman–Crippen LogP) is 6.75. The second-order valence-electron chi connectivity index (χ2n) is 8.33. The van der Waals surface area contributed by atoms with E-state index in [4.69, 9.17) is 4.99 Å². The minimum atomic E-state index is 0.801. The number of rotatable bonds is 4. The number of benzene rings is 2. The van der Waals surface area contributed by atoms with Crippen LogP contribution in [0.25, 0.3) is 16.8 Å². The van der Waals surface area contributed by atoms with Gasteiger partial charge in [-0.25, -0.2) is 0 Å². The van der Waals surface area contributed by atoms with Gasteiger partial charge in [0.1, 0.15) is 0 Å². The zero-order valence-electron chi connectivity index (χ0n) is 17.5. The van der Waals surface area contributed by atoms with Crippen LogP contribution in [0.5, 0.6) is 0 Å². The van der Waals surface area contributed by atoms with E-state index < -0.39 is 0 Å². The first-order valence-corrected chi connectivity index (χ1v) is 10.8. The average Bonchev–Trinajstić information content (AvgIpc) is 3.25. The summed E-state index contributed by atoms with van der Waals surface area (Å²) in [6, 6.07) is 21.6. The predicted molar refractivity (Wildman–Crippen MR) is 126 cm³/mol. The van der Waals surface area contributed by atoms with E-state index in [9.17, 15) is 0 Å². The summed E-state index contributed by atoms with van der Waals surface area (Å²) in [7, 11) is 0. The number of aromatic nitrogens is 1. The molecule has 0 atom stereocenters. The topological polar surface area (TPSA) is 25.2 Å². The maximum Gasteiger partial charge on any atom is 0.0763 e. The quantitative estimate of drug-likeness (QED) is 0.483. The fourth-order valence-corrected chi connectivity index (χ4v) is 4.48. The van der Waals surface area contributed by atoms with Crippen molar-refractivity contribution in [2.24, 2.45) is 4.99 Å². The summed E-state index contributed by atoms with van der Waals surface area (Å²) < 4.78 is 0. The molecule has 0 amide bonds. The van der Waals surface area contributed by atoms with Crippen molar-refractivity contribution in [1.29, 1.82) is 0 Å². The molecule has 148 valence electrons. The number of hydrogen-bond acceptors (Lipinski definition) is 2. The van der Waals surface area contributed by atoms with Crippen molar-refractivity contribution in [3.05, 3.63) is 107 Å². The number of nitrogens with zero attached hydrogens (tertiary/aromatic N) is 2. The van der Waals surface area contributed by atoms with E-state index in [1.807, 2.05) is 19.2 Å². The van der Waals surface area contributed by atoms with Crippen LogP contribution in [0.4, 0.5) is 0 Å². The highest BCUT2D eigenvalue weighted by Gasteiger charge is 2.23.